The summed E-state index contributed by atoms with van der Waals surface area (Å²) in [5.41, 5.74) is 2.72. The van der Waals surface area contributed by atoms with E-state index in [1.54, 1.807) is 48.5 Å². The lowest BCUT2D eigenvalue weighted by Crippen LogP contribution is -2.31. The Labute approximate surface area is 456 Å². The number of rotatable bonds is 12. The van der Waals surface area contributed by atoms with Crippen LogP contribution in [0.4, 0.5) is 28.8 Å². The lowest BCUT2D eigenvalue weighted by atomic mass is 9.94. The van der Waals surface area contributed by atoms with Crippen molar-refractivity contribution in [1.29, 1.82) is 0 Å². The summed E-state index contributed by atoms with van der Waals surface area (Å²) in [5, 5.41) is 40.9. The average Bonchev–Trinajstić information content (AvgIpc) is 3.60. The smallest absolute Gasteiger partial charge is 0.504 e. The maximum Gasteiger partial charge on any atom is 0.514 e. The van der Waals surface area contributed by atoms with Gasteiger partial charge in [-0.25, -0.2) is 28.8 Å². The number of aromatic hydroxyl groups is 2. The molecule has 0 saturated carbocycles. The van der Waals surface area contributed by atoms with Crippen LogP contribution in [-0.2, 0) is 54.5 Å². The van der Waals surface area contributed by atoms with Crippen LogP contribution in [0.3, 0.4) is 0 Å². The van der Waals surface area contributed by atoms with Crippen molar-refractivity contribution in [2.24, 2.45) is 0 Å². The number of hydrogen-bond donors (Lipinski definition) is 4. The van der Waals surface area contributed by atoms with Gasteiger partial charge in [0.25, 0.3) is 0 Å². The number of methoxy groups -OCH3 is 4. The largest absolute Gasteiger partial charge is 0.514 e. The van der Waals surface area contributed by atoms with Crippen molar-refractivity contribution in [3.63, 3.8) is 0 Å². The molecule has 0 aromatic heterocycles. The van der Waals surface area contributed by atoms with Crippen LogP contribution in [0.5, 0.6) is 57.5 Å². The number of fused-ring (bicyclic) bond motifs is 2. The Morgan fingerprint density at radius 2 is 0.825 bits per heavy atom. The highest BCUT2D eigenvalue weighted by Gasteiger charge is 2.36. The number of phenols is 2. The Kier molecular flexibility index (Phi) is 21.1. The number of ether oxygens (including phenoxy) is 14. The molecule has 0 spiro atoms. The van der Waals surface area contributed by atoms with Crippen molar-refractivity contribution < 1.29 is 116 Å². The van der Waals surface area contributed by atoms with Gasteiger partial charge in [-0.2, -0.15) is 0 Å². The monoisotopic (exact) mass is 1110 g/mol. The summed E-state index contributed by atoms with van der Waals surface area (Å²) >= 11 is 0. The van der Waals surface area contributed by atoms with Crippen LogP contribution in [0.1, 0.15) is 59.4 Å². The van der Waals surface area contributed by atoms with Crippen LogP contribution in [0.25, 0.3) is 0 Å². The van der Waals surface area contributed by atoms with Crippen molar-refractivity contribution in [2.75, 3.05) is 28.4 Å². The molecule has 4 N–H and O–H groups in total. The van der Waals surface area contributed by atoms with Gasteiger partial charge in [0, 0.05) is 48.2 Å². The minimum atomic E-state index is -1.24. The third-order valence-electron chi connectivity index (χ3n) is 11.2. The van der Waals surface area contributed by atoms with Crippen LogP contribution < -0.4 is 37.9 Å². The first-order valence-electron chi connectivity index (χ1n) is 24.0. The van der Waals surface area contributed by atoms with Gasteiger partial charge in [0.1, 0.15) is 59.9 Å². The van der Waals surface area contributed by atoms with Crippen LogP contribution in [0.15, 0.2) is 121 Å². The molecule has 4 atom stereocenters. The fourth-order valence-corrected chi connectivity index (χ4v) is 7.54. The second kappa shape index (κ2) is 28.4. The van der Waals surface area contributed by atoms with Crippen LogP contribution in [0.2, 0.25) is 0 Å². The fraction of sp³-hybridized carbons (Fsp3) is 0.250. The van der Waals surface area contributed by atoms with E-state index in [0.29, 0.717) is 16.7 Å². The molecule has 2 aliphatic rings. The lowest BCUT2D eigenvalue weighted by Gasteiger charge is -2.32. The summed E-state index contributed by atoms with van der Waals surface area (Å²) < 4.78 is 71.6. The quantitative estimate of drug-likeness (QED) is 0.0383. The van der Waals surface area contributed by atoms with Crippen molar-refractivity contribution in [2.45, 2.75) is 64.3 Å². The highest BCUT2D eigenvalue weighted by molar-refractivity contribution is 5.71. The van der Waals surface area contributed by atoms with E-state index in [9.17, 15) is 49.2 Å². The first-order valence-corrected chi connectivity index (χ1v) is 24.0. The highest BCUT2D eigenvalue weighted by atomic mass is 16.8. The van der Waals surface area contributed by atoms with Gasteiger partial charge in [0.05, 0.1) is 40.6 Å². The second-order valence-electron chi connectivity index (χ2n) is 16.3. The molecule has 80 heavy (non-hydrogen) atoms. The number of aliphatic hydroxyl groups excluding tert-OH is 2. The summed E-state index contributed by atoms with van der Waals surface area (Å²) in [4.78, 5) is 72.1. The third-order valence-corrected chi connectivity index (χ3v) is 11.2. The number of phenolic OH excluding ortho intramolecular Hbond substituents is 2. The highest BCUT2D eigenvalue weighted by Crippen LogP contribution is 2.46. The molecular formula is C56H54O24. The van der Waals surface area contributed by atoms with E-state index in [2.05, 4.69) is 18.9 Å². The summed E-state index contributed by atoms with van der Waals surface area (Å²) in [5.74, 6) is -1.11. The Morgan fingerprint density at radius 1 is 0.438 bits per heavy atom. The van der Waals surface area contributed by atoms with E-state index < -0.39 is 61.3 Å². The molecule has 0 bridgehead atoms. The SMILES string of the molecule is CC.COC(=O)Oc1cc(OC(=O)OC)c2c(c1)O[C@H](c1ccc(O)c(O)c1)[C@H](O)C2.COC(=O)Oc1cc(OC(=O)OC)c2c(c1)O[C@H](c1ccc(OC(=O)OCc3ccccc3)c(OC(=O)OCc3ccccc3)c1)[C@H](O)C2. The Hall–Kier alpha value is -9.94. The molecule has 6 aromatic rings. The van der Waals surface area contributed by atoms with Crippen LogP contribution >= 0.6 is 0 Å². The van der Waals surface area contributed by atoms with Gasteiger partial charge in [0.15, 0.2) is 23.0 Å². The van der Waals surface area contributed by atoms with Gasteiger partial charge < -0.3 is 86.7 Å². The molecular weight excluding hydrogens is 1060 g/mol. The van der Waals surface area contributed by atoms with Crippen molar-refractivity contribution in [3.8, 4) is 57.5 Å². The standard InChI is InChI=1S/C35H30O14.C19H18O10.C2H6/c1-41-32(37)45-24-16-28-25(29(17-24)48-33(38)42-2)18-26(36)31(46-28)23-13-14-27(47-34(39)43-19-21-9-5-3-6-10-21)30(15-23)49-35(40)44-20-22-11-7-4-8-12-22;1-25-18(23)27-10-6-15-11(16(7-10)29-19(24)26-2)8-14(22)17(28-15)9-3-4-12(20)13(21)5-9;1-2/h3-17,26,31,36H,18-20H2,1-2H3;3-7,14,17,20-22H,8H2,1-2H3;1-2H3/t26-,31-;14-,17-;/m11./s1. The molecule has 0 fully saturated rings. The van der Waals surface area contributed by atoms with E-state index in [1.807, 2.05) is 26.0 Å². The molecule has 2 heterocycles. The molecule has 2 aliphatic heterocycles. The number of benzene rings is 6. The van der Waals surface area contributed by atoms with Gasteiger partial charge in [-0.3, -0.25) is 0 Å². The van der Waals surface area contributed by atoms with E-state index in [1.165, 1.54) is 60.7 Å². The van der Waals surface area contributed by atoms with Gasteiger partial charge in [-0.15, -0.1) is 0 Å². The second-order valence-corrected chi connectivity index (χ2v) is 16.3. The summed E-state index contributed by atoms with van der Waals surface area (Å²) in [6.07, 6.45) is -10.7. The van der Waals surface area contributed by atoms with E-state index >= 15 is 0 Å². The number of carbonyl (C=O) groups excluding carboxylic acids is 6. The minimum absolute atomic E-state index is 0.0203. The Morgan fingerprint density at radius 3 is 1.25 bits per heavy atom. The van der Waals surface area contributed by atoms with Crippen molar-refractivity contribution in [1.82, 2.24) is 0 Å². The zero-order chi connectivity index (χ0) is 57.9. The predicted octanol–water partition coefficient (Wildman–Crippen LogP) is 9.90. The molecule has 0 radical (unpaired) electrons. The maximum atomic E-state index is 12.8. The maximum absolute atomic E-state index is 12.8. The summed E-state index contributed by atoms with van der Waals surface area (Å²) in [7, 11) is 4.48. The molecule has 24 nitrogen and oxygen atoms in total. The first-order chi connectivity index (χ1) is 38.5. The predicted molar refractivity (Wildman–Crippen MR) is 273 cm³/mol. The third kappa shape index (κ3) is 16.1. The molecule has 24 heteroatoms. The molecule has 0 saturated heterocycles. The average molecular weight is 1110 g/mol. The summed E-state index contributed by atoms with van der Waals surface area (Å²) in [6, 6.07) is 31.1. The van der Waals surface area contributed by atoms with Gasteiger partial charge in [0.2, 0.25) is 0 Å². The van der Waals surface area contributed by atoms with Crippen molar-refractivity contribution >= 4 is 36.9 Å². The van der Waals surface area contributed by atoms with Gasteiger partial charge in [-0.05, 0) is 46.5 Å². The first kappa shape index (κ1) is 59.3. The number of aliphatic hydroxyl groups is 2. The lowest BCUT2D eigenvalue weighted by molar-refractivity contribution is 0.0192. The van der Waals surface area contributed by atoms with Crippen LogP contribution in [0, 0.1) is 0 Å². The molecule has 8 rings (SSSR count). The summed E-state index contributed by atoms with van der Waals surface area (Å²) in [6.45, 7) is 3.83. The van der Waals surface area contributed by atoms with Gasteiger partial charge >= 0.3 is 36.9 Å². The molecule has 0 amide bonds. The minimum Gasteiger partial charge on any atom is -0.504 e. The number of carbonyl (C=O) groups is 6. The number of hydrogen-bond acceptors (Lipinski definition) is 24. The Bertz CT molecular complexity index is 3130. The molecule has 6 aromatic carbocycles. The van der Waals surface area contributed by atoms with E-state index in [0.717, 1.165) is 34.0 Å². The van der Waals surface area contributed by atoms with E-state index in [-0.39, 0.29) is 94.7 Å². The topological polar surface area (TPSA) is 313 Å². The zero-order valence-electron chi connectivity index (χ0n) is 43.6. The Balaban J connectivity index is 0.000000283. The van der Waals surface area contributed by atoms with E-state index in [4.69, 9.17) is 47.4 Å². The molecule has 0 unspecified atom stereocenters. The van der Waals surface area contributed by atoms with Gasteiger partial charge in [-0.1, -0.05) is 86.6 Å². The van der Waals surface area contributed by atoms with Crippen molar-refractivity contribution in [3.05, 3.63) is 155 Å². The zero-order valence-corrected chi connectivity index (χ0v) is 43.6. The molecule has 422 valence electrons. The molecule has 0 aliphatic carbocycles. The van der Waals surface area contributed by atoms with Crippen LogP contribution in [-0.4, -0.2) is 98.0 Å². The normalized spacial score (nSPS) is 15.3. The fourth-order valence-electron chi connectivity index (χ4n) is 7.54.